The number of rotatable bonds is 33. The quantitative estimate of drug-likeness (QED) is 0.0450. The summed E-state index contributed by atoms with van der Waals surface area (Å²) in [5.41, 5.74) is -0.487. The highest BCUT2D eigenvalue weighted by atomic mass is 31.2. The van der Waals surface area contributed by atoms with E-state index in [4.69, 9.17) is 32.9 Å². The summed E-state index contributed by atoms with van der Waals surface area (Å²) in [5, 5.41) is 11.4. The first kappa shape index (κ1) is 49.8. The van der Waals surface area contributed by atoms with Gasteiger partial charge in [-0.2, -0.15) is 0 Å². The van der Waals surface area contributed by atoms with E-state index in [1.54, 1.807) is 40.1 Å². The van der Waals surface area contributed by atoms with Gasteiger partial charge in [0, 0.05) is 53.4 Å². The zero-order chi connectivity index (χ0) is 40.0. The van der Waals surface area contributed by atoms with E-state index in [1.165, 1.54) is 0 Å². The van der Waals surface area contributed by atoms with Crippen LogP contribution >= 0.6 is 7.60 Å². The molecule has 0 aromatic carbocycles. The van der Waals surface area contributed by atoms with E-state index < -0.39 is 19.3 Å². The maximum absolute atomic E-state index is 13.6. The molecule has 1 fully saturated rings. The highest BCUT2D eigenvalue weighted by molar-refractivity contribution is 7.53. The molecule has 18 nitrogen and oxygen atoms in total. The van der Waals surface area contributed by atoms with Crippen molar-refractivity contribution in [1.29, 1.82) is 0 Å². The predicted molar refractivity (Wildman–Crippen MR) is 201 cm³/mol. The largest absolute Gasteiger partial charge is 0.382 e. The second kappa shape index (κ2) is 30.9. The van der Waals surface area contributed by atoms with Crippen molar-refractivity contribution in [2.75, 3.05) is 120 Å². The van der Waals surface area contributed by atoms with Crippen LogP contribution in [-0.4, -0.2) is 171 Å². The van der Waals surface area contributed by atoms with Crippen molar-refractivity contribution in [3.05, 3.63) is 0 Å². The Labute approximate surface area is 321 Å². The smallest absolute Gasteiger partial charge is 0.330 e. The number of amides is 4. The SMILES string of the molecule is COCCOCCNC(=O)CN(CC(=O)NCCOCCOC)C(CCCCNC(=O)C1CCC(OP(=O)(O)C(C)C)CC1)C(=O)NCCOCCOC. The van der Waals surface area contributed by atoms with Gasteiger partial charge in [0.2, 0.25) is 23.6 Å². The molecule has 19 heteroatoms. The van der Waals surface area contributed by atoms with Crippen molar-refractivity contribution >= 4 is 31.2 Å². The van der Waals surface area contributed by atoms with Gasteiger partial charge in [0.25, 0.3) is 0 Å². The van der Waals surface area contributed by atoms with Crippen LogP contribution in [0, 0.1) is 5.92 Å². The van der Waals surface area contributed by atoms with Crippen molar-refractivity contribution in [3.63, 3.8) is 0 Å². The summed E-state index contributed by atoms with van der Waals surface area (Å²) in [6, 6.07) is -0.837. The molecule has 0 aromatic heterocycles. The van der Waals surface area contributed by atoms with Crippen molar-refractivity contribution in [2.45, 2.75) is 76.6 Å². The Morgan fingerprint density at radius 1 is 0.667 bits per heavy atom. The zero-order valence-corrected chi connectivity index (χ0v) is 34.0. The first-order chi connectivity index (χ1) is 25.9. The Balaban J connectivity index is 2.85. The molecule has 0 spiro atoms. The standard InChI is InChI=1S/C35H68N5O13P/c1-28(2)54(45,46)53-30-11-9-29(10-12-30)34(43)38-13-7-6-8-31(35(44)39-16-19-52-25-22-49-5)40(26-32(41)36-14-17-50-23-20-47-3)27-33(42)37-15-18-51-24-21-48-4/h28-31H,6-27H2,1-5H3,(H,36,41)(H,37,42)(H,38,43)(H,39,44)(H,45,46). The molecule has 0 saturated heterocycles. The van der Waals surface area contributed by atoms with Gasteiger partial charge < -0.3 is 59.1 Å². The summed E-state index contributed by atoms with van der Waals surface area (Å²) in [6.45, 7) is 7.16. The molecule has 1 saturated carbocycles. The number of hydrogen-bond donors (Lipinski definition) is 5. The molecule has 2 atom stereocenters. The molecule has 316 valence electrons. The van der Waals surface area contributed by atoms with E-state index >= 15 is 0 Å². The van der Waals surface area contributed by atoms with Gasteiger partial charge >= 0.3 is 7.60 Å². The number of carbonyl (C=O) groups is 4. The Hall–Kier alpha value is -2.25. The number of nitrogens with one attached hydrogen (secondary N) is 4. The van der Waals surface area contributed by atoms with Gasteiger partial charge in [-0.05, 0) is 44.9 Å². The third kappa shape index (κ3) is 23.6. The molecule has 0 aromatic rings. The van der Waals surface area contributed by atoms with Gasteiger partial charge in [0.05, 0.1) is 90.4 Å². The maximum atomic E-state index is 13.6. The molecule has 0 aliphatic heterocycles. The van der Waals surface area contributed by atoms with E-state index in [1.807, 2.05) is 0 Å². The second-order valence-electron chi connectivity index (χ2n) is 13.3. The summed E-state index contributed by atoms with van der Waals surface area (Å²) in [7, 11) is 1.03. The van der Waals surface area contributed by atoms with Crippen LogP contribution in [0.1, 0.15) is 58.8 Å². The summed E-state index contributed by atoms with van der Waals surface area (Å²) < 4.78 is 49.0. The number of methoxy groups -OCH3 is 3. The minimum atomic E-state index is -3.68. The van der Waals surface area contributed by atoms with Crippen LogP contribution in [-0.2, 0) is 56.7 Å². The molecule has 1 rings (SSSR count). The molecule has 54 heavy (non-hydrogen) atoms. The van der Waals surface area contributed by atoms with Gasteiger partial charge in [-0.1, -0.05) is 13.8 Å². The number of ether oxygens (including phenoxy) is 6. The molecule has 0 radical (unpaired) electrons. The fraction of sp³-hybridized carbons (Fsp3) is 0.886. The summed E-state index contributed by atoms with van der Waals surface area (Å²) in [5.74, 6) is -1.40. The Bertz CT molecular complexity index is 1050. The number of hydrogen-bond acceptors (Lipinski definition) is 13. The average molecular weight is 798 g/mol. The molecule has 4 amide bonds. The molecule has 0 bridgehead atoms. The Morgan fingerprint density at radius 3 is 1.61 bits per heavy atom. The molecule has 5 N–H and O–H groups in total. The van der Waals surface area contributed by atoms with Gasteiger partial charge in [0.1, 0.15) is 0 Å². The van der Waals surface area contributed by atoms with E-state index in [0.29, 0.717) is 91.1 Å². The Kier molecular flexibility index (Phi) is 28.5. The van der Waals surface area contributed by atoms with Crippen LogP contribution < -0.4 is 21.3 Å². The monoisotopic (exact) mass is 797 g/mol. The molecule has 1 aliphatic carbocycles. The minimum Gasteiger partial charge on any atom is -0.382 e. The van der Waals surface area contributed by atoms with Crippen molar-refractivity contribution in [3.8, 4) is 0 Å². The fourth-order valence-electron chi connectivity index (χ4n) is 5.44. The topological polar surface area (TPSA) is 222 Å². The van der Waals surface area contributed by atoms with Crippen molar-refractivity contribution < 1.29 is 61.6 Å². The fourth-order valence-corrected chi connectivity index (χ4v) is 6.32. The van der Waals surface area contributed by atoms with Crippen molar-refractivity contribution in [2.24, 2.45) is 5.92 Å². The normalized spacial score (nSPS) is 17.6. The third-order valence-corrected chi connectivity index (χ3v) is 10.5. The van der Waals surface area contributed by atoms with Crippen LogP contribution in [0.5, 0.6) is 0 Å². The van der Waals surface area contributed by atoms with Crippen molar-refractivity contribution in [1.82, 2.24) is 26.2 Å². The van der Waals surface area contributed by atoms with Gasteiger partial charge in [0.15, 0.2) is 0 Å². The van der Waals surface area contributed by atoms with E-state index in [9.17, 15) is 28.6 Å². The summed E-state index contributed by atoms with van der Waals surface area (Å²) >= 11 is 0. The minimum absolute atomic E-state index is 0.0837. The third-order valence-electron chi connectivity index (χ3n) is 8.62. The molecular weight excluding hydrogens is 729 g/mol. The van der Waals surface area contributed by atoms with E-state index in [2.05, 4.69) is 21.3 Å². The molecule has 0 heterocycles. The lowest BCUT2D eigenvalue weighted by Gasteiger charge is -2.30. The lowest BCUT2D eigenvalue weighted by Crippen LogP contribution is -2.54. The van der Waals surface area contributed by atoms with Crippen LogP contribution in [0.3, 0.4) is 0 Å². The first-order valence-electron chi connectivity index (χ1n) is 19.0. The lowest BCUT2D eigenvalue weighted by atomic mass is 9.87. The molecule has 1 aliphatic rings. The van der Waals surface area contributed by atoms with E-state index in [-0.39, 0.29) is 88.2 Å². The van der Waals surface area contributed by atoms with E-state index in [0.717, 1.165) is 0 Å². The van der Waals surface area contributed by atoms with Crippen LogP contribution in [0.2, 0.25) is 0 Å². The summed E-state index contributed by atoms with van der Waals surface area (Å²) in [6.07, 6.45) is 3.22. The zero-order valence-electron chi connectivity index (χ0n) is 33.1. The van der Waals surface area contributed by atoms with Crippen LogP contribution in [0.25, 0.3) is 0 Å². The highest BCUT2D eigenvalue weighted by Gasteiger charge is 2.33. The number of nitrogens with zero attached hydrogens (tertiary/aromatic N) is 1. The molecule has 2 unspecified atom stereocenters. The summed E-state index contributed by atoms with van der Waals surface area (Å²) in [4.78, 5) is 64.2. The molecular formula is C35H68N5O13P. The van der Waals surface area contributed by atoms with Gasteiger partial charge in [-0.3, -0.25) is 28.6 Å². The van der Waals surface area contributed by atoms with Crippen LogP contribution in [0.4, 0.5) is 0 Å². The average Bonchev–Trinajstić information content (AvgIpc) is 3.13. The van der Waals surface area contributed by atoms with Crippen LogP contribution in [0.15, 0.2) is 0 Å². The number of unbranched alkanes of at least 4 members (excludes halogenated alkanes) is 1. The Morgan fingerprint density at radius 2 is 1.15 bits per heavy atom. The predicted octanol–water partition coefficient (Wildman–Crippen LogP) is 0.450. The lowest BCUT2D eigenvalue weighted by molar-refractivity contribution is -0.132. The number of carbonyl (C=O) groups excluding carboxylic acids is 4. The first-order valence-corrected chi connectivity index (χ1v) is 20.6. The van der Waals surface area contributed by atoms with Gasteiger partial charge in [-0.15, -0.1) is 0 Å². The van der Waals surface area contributed by atoms with Gasteiger partial charge in [-0.25, -0.2) is 0 Å². The highest BCUT2D eigenvalue weighted by Crippen LogP contribution is 2.50. The maximum Gasteiger partial charge on any atom is 0.330 e. The second-order valence-corrected chi connectivity index (χ2v) is 15.6.